The number of benzene rings is 2. The first kappa shape index (κ1) is 16.4. The maximum absolute atomic E-state index is 13.2. The van der Waals surface area contributed by atoms with Crippen molar-refractivity contribution in [2.75, 3.05) is 5.32 Å². The second-order valence-corrected chi connectivity index (χ2v) is 8.39. The lowest BCUT2D eigenvalue weighted by atomic mass is 9.62. The maximum atomic E-state index is 13.2. The molecule has 2 nitrogen and oxygen atoms in total. The molecule has 2 fully saturated rings. The SMILES string of the molecule is C[C@H]1[C@H]2C[C@H](C(C(Nc3ccccc3)c3ccccc3)C2=O)C1(C)C. The Bertz CT molecular complexity index is 752. The van der Waals surface area contributed by atoms with Gasteiger partial charge in [-0.05, 0) is 41.4 Å². The lowest BCUT2D eigenvalue weighted by molar-refractivity contribution is -0.131. The van der Waals surface area contributed by atoms with Crippen LogP contribution in [0.2, 0.25) is 0 Å². The monoisotopic (exact) mass is 333 g/mol. The molecule has 2 bridgehead atoms. The van der Waals surface area contributed by atoms with Gasteiger partial charge in [0, 0.05) is 17.5 Å². The largest absolute Gasteiger partial charge is 0.377 e. The zero-order valence-electron chi connectivity index (χ0n) is 15.3. The smallest absolute Gasteiger partial charge is 0.142 e. The van der Waals surface area contributed by atoms with Crippen molar-refractivity contribution in [2.45, 2.75) is 33.2 Å². The molecule has 2 saturated carbocycles. The average molecular weight is 333 g/mol. The van der Waals surface area contributed by atoms with Crippen LogP contribution in [0, 0.1) is 29.1 Å². The van der Waals surface area contributed by atoms with E-state index in [0.29, 0.717) is 17.6 Å². The Morgan fingerprint density at radius 2 is 1.60 bits per heavy atom. The van der Waals surface area contributed by atoms with Crippen LogP contribution in [0.25, 0.3) is 0 Å². The molecule has 2 unspecified atom stereocenters. The predicted molar refractivity (Wildman–Crippen MR) is 102 cm³/mol. The van der Waals surface area contributed by atoms with E-state index in [1.54, 1.807) is 0 Å². The number of ketones is 1. The Kier molecular flexibility index (Phi) is 3.94. The molecule has 1 N–H and O–H groups in total. The fourth-order valence-corrected chi connectivity index (χ4v) is 5.21. The third-order valence-electron chi connectivity index (χ3n) is 6.98. The molecule has 5 atom stereocenters. The Labute approximate surface area is 150 Å². The fourth-order valence-electron chi connectivity index (χ4n) is 5.21. The predicted octanol–water partition coefficient (Wildman–Crippen LogP) is 5.34. The molecule has 0 saturated heterocycles. The van der Waals surface area contributed by atoms with E-state index in [1.807, 2.05) is 24.3 Å². The van der Waals surface area contributed by atoms with E-state index in [9.17, 15) is 4.79 Å². The molecule has 4 rings (SSSR count). The van der Waals surface area contributed by atoms with Gasteiger partial charge < -0.3 is 5.32 Å². The topological polar surface area (TPSA) is 29.1 Å². The summed E-state index contributed by atoms with van der Waals surface area (Å²) in [5.41, 5.74) is 2.51. The van der Waals surface area contributed by atoms with Crippen LogP contribution in [-0.2, 0) is 4.79 Å². The highest BCUT2D eigenvalue weighted by molar-refractivity contribution is 5.89. The summed E-state index contributed by atoms with van der Waals surface area (Å²) in [6.07, 6.45) is 1.05. The second-order valence-electron chi connectivity index (χ2n) is 8.39. The van der Waals surface area contributed by atoms with Crippen LogP contribution in [0.1, 0.15) is 38.8 Å². The maximum Gasteiger partial charge on any atom is 0.142 e. The average Bonchev–Trinajstić information content (AvgIpc) is 3.08. The first-order chi connectivity index (χ1) is 12.0. The highest BCUT2D eigenvalue weighted by atomic mass is 16.1. The number of rotatable bonds is 4. The van der Waals surface area contributed by atoms with Crippen LogP contribution in [0.5, 0.6) is 0 Å². The molecule has 2 aliphatic rings. The summed E-state index contributed by atoms with van der Waals surface area (Å²) in [6, 6.07) is 20.8. The molecule has 0 heterocycles. The number of Topliss-reactive ketones (excluding diaryl/α,β-unsaturated/α-hetero) is 1. The summed E-state index contributed by atoms with van der Waals surface area (Å²) in [4.78, 5) is 13.2. The summed E-state index contributed by atoms with van der Waals surface area (Å²) in [5.74, 6) is 1.68. The number of hydrogen-bond donors (Lipinski definition) is 1. The van der Waals surface area contributed by atoms with Crippen molar-refractivity contribution >= 4 is 11.5 Å². The number of hydrogen-bond acceptors (Lipinski definition) is 2. The molecule has 0 amide bonds. The summed E-state index contributed by atoms with van der Waals surface area (Å²) in [7, 11) is 0. The molecule has 0 aliphatic heterocycles. The zero-order valence-corrected chi connectivity index (χ0v) is 15.3. The fraction of sp³-hybridized carbons (Fsp3) is 0.435. The van der Waals surface area contributed by atoms with Crippen LogP contribution >= 0.6 is 0 Å². The molecule has 2 aromatic rings. The first-order valence-electron chi connectivity index (χ1n) is 9.40. The quantitative estimate of drug-likeness (QED) is 0.818. The lowest BCUT2D eigenvalue weighted by Gasteiger charge is -2.43. The summed E-state index contributed by atoms with van der Waals surface area (Å²) < 4.78 is 0. The minimum Gasteiger partial charge on any atom is -0.377 e. The molecular weight excluding hydrogens is 306 g/mol. The molecule has 0 spiro atoms. The molecule has 0 aromatic heterocycles. The number of nitrogens with one attached hydrogen (secondary N) is 1. The molecule has 2 aliphatic carbocycles. The normalized spacial score (nSPS) is 31.1. The third kappa shape index (κ3) is 2.59. The van der Waals surface area contributed by atoms with E-state index in [-0.39, 0.29) is 23.3 Å². The van der Waals surface area contributed by atoms with Crippen molar-refractivity contribution in [3.8, 4) is 0 Å². The van der Waals surface area contributed by atoms with Gasteiger partial charge in [-0.25, -0.2) is 0 Å². The molecule has 2 aromatic carbocycles. The van der Waals surface area contributed by atoms with Crippen LogP contribution in [0.15, 0.2) is 60.7 Å². The molecular formula is C23H27NO. The van der Waals surface area contributed by atoms with Crippen LogP contribution in [-0.4, -0.2) is 5.78 Å². The van der Waals surface area contributed by atoms with Crippen molar-refractivity contribution in [3.05, 3.63) is 66.2 Å². The van der Waals surface area contributed by atoms with Gasteiger partial charge in [0.15, 0.2) is 0 Å². The number of carbonyl (C=O) groups excluding carboxylic acids is 1. The lowest BCUT2D eigenvalue weighted by Crippen LogP contribution is -2.43. The van der Waals surface area contributed by atoms with Crippen LogP contribution in [0.4, 0.5) is 5.69 Å². The van der Waals surface area contributed by atoms with Crippen LogP contribution in [0.3, 0.4) is 0 Å². The minimum absolute atomic E-state index is 0.0397. The molecule has 0 radical (unpaired) electrons. The Hall–Kier alpha value is -2.09. The van der Waals surface area contributed by atoms with E-state index in [0.717, 1.165) is 12.1 Å². The number of para-hydroxylation sites is 1. The van der Waals surface area contributed by atoms with Gasteiger partial charge in [0.25, 0.3) is 0 Å². The van der Waals surface area contributed by atoms with E-state index >= 15 is 0 Å². The molecule has 2 heteroatoms. The van der Waals surface area contributed by atoms with Crippen molar-refractivity contribution in [2.24, 2.45) is 29.1 Å². The molecule has 130 valence electrons. The Morgan fingerprint density at radius 1 is 1.00 bits per heavy atom. The van der Waals surface area contributed by atoms with Gasteiger partial charge in [-0.1, -0.05) is 69.3 Å². The van der Waals surface area contributed by atoms with Gasteiger partial charge in [0.2, 0.25) is 0 Å². The van der Waals surface area contributed by atoms with E-state index in [4.69, 9.17) is 0 Å². The summed E-state index contributed by atoms with van der Waals surface area (Å²) >= 11 is 0. The van der Waals surface area contributed by atoms with Gasteiger partial charge in [-0.2, -0.15) is 0 Å². The number of fused-ring (bicyclic) bond motifs is 2. The van der Waals surface area contributed by atoms with E-state index < -0.39 is 0 Å². The summed E-state index contributed by atoms with van der Waals surface area (Å²) in [6.45, 7) is 6.97. The van der Waals surface area contributed by atoms with Gasteiger partial charge >= 0.3 is 0 Å². The number of anilines is 1. The van der Waals surface area contributed by atoms with Gasteiger partial charge in [-0.15, -0.1) is 0 Å². The zero-order chi connectivity index (χ0) is 17.6. The minimum atomic E-state index is 0.0397. The van der Waals surface area contributed by atoms with Gasteiger partial charge in [0.05, 0.1) is 6.04 Å². The Morgan fingerprint density at radius 3 is 2.20 bits per heavy atom. The van der Waals surface area contributed by atoms with Crippen molar-refractivity contribution < 1.29 is 4.79 Å². The second kappa shape index (κ2) is 6.01. The molecule has 25 heavy (non-hydrogen) atoms. The van der Waals surface area contributed by atoms with Crippen molar-refractivity contribution in [3.63, 3.8) is 0 Å². The van der Waals surface area contributed by atoms with Crippen LogP contribution < -0.4 is 5.32 Å². The van der Waals surface area contributed by atoms with Crippen molar-refractivity contribution in [1.82, 2.24) is 0 Å². The van der Waals surface area contributed by atoms with Gasteiger partial charge in [-0.3, -0.25) is 4.79 Å². The van der Waals surface area contributed by atoms with E-state index in [2.05, 4.69) is 62.5 Å². The van der Waals surface area contributed by atoms with E-state index in [1.165, 1.54) is 5.56 Å². The van der Waals surface area contributed by atoms with Gasteiger partial charge in [0.1, 0.15) is 5.78 Å². The highest BCUT2D eigenvalue weighted by Crippen LogP contribution is 2.62. The third-order valence-corrected chi connectivity index (χ3v) is 6.98. The van der Waals surface area contributed by atoms with Crippen molar-refractivity contribution in [1.29, 1.82) is 0 Å². The standard InChI is InChI=1S/C23H27NO/c1-15-18-14-19(23(15,2)3)20(22(18)25)21(16-10-6-4-7-11-16)24-17-12-8-5-9-13-17/h4-13,15,18-21,24H,14H2,1-3H3/t15-,18+,19+,20?,21?/m0/s1. The number of carbonyl (C=O) groups is 1. The summed E-state index contributed by atoms with van der Waals surface area (Å²) in [5, 5.41) is 3.68. The first-order valence-corrected chi connectivity index (χ1v) is 9.40. The highest BCUT2D eigenvalue weighted by Gasteiger charge is 2.61. The Balaban J connectivity index is 1.73.